The van der Waals surface area contributed by atoms with Gasteiger partial charge in [-0.25, -0.2) is 9.79 Å². The van der Waals surface area contributed by atoms with Crippen molar-refractivity contribution in [2.24, 2.45) is 4.99 Å². The van der Waals surface area contributed by atoms with Crippen LogP contribution in [-0.2, 0) is 9.53 Å². The van der Waals surface area contributed by atoms with Crippen LogP contribution in [0.1, 0.15) is 31.0 Å². The van der Waals surface area contributed by atoms with Crippen molar-refractivity contribution in [2.75, 3.05) is 35.0 Å². The van der Waals surface area contributed by atoms with Gasteiger partial charge >= 0.3 is 5.97 Å². The second-order valence-corrected chi connectivity index (χ2v) is 9.00. The number of fused-ring (bicyclic) bond motifs is 1. The fraction of sp³-hybridized carbons (Fsp3) is 0.296. The van der Waals surface area contributed by atoms with Gasteiger partial charge < -0.3 is 23.7 Å². The molecule has 0 radical (unpaired) electrons. The summed E-state index contributed by atoms with van der Waals surface area (Å²) in [6.07, 6.45) is 1.70. The average Bonchev–Trinajstić information content (AvgIpc) is 3.21. The van der Waals surface area contributed by atoms with Gasteiger partial charge in [-0.05, 0) is 26.0 Å². The summed E-state index contributed by atoms with van der Waals surface area (Å²) in [7, 11) is 6.16. The summed E-state index contributed by atoms with van der Waals surface area (Å²) >= 11 is 1.21. The number of carbonyl (C=O) groups is 1. The Morgan fingerprint density at radius 2 is 1.68 bits per heavy atom. The van der Waals surface area contributed by atoms with E-state index < -0.39 is 12.0 Å². The molecule has 0 amide bonds. The van der Waals surface area contributed by atoms with Gasteiger partial charge in [-0.15, -0.1) is 0 Å². The number of rotatable bonds is 8. The lowest BCUT2D eigenvalue weighted by Crippen LogP contribution is -2.40. The molecule has 0 N–H and O–H groups in total. The van der Waals surface area contributed by atoms with Crippen molar-refractivity contribution in [3.63, 3.8) is 0 Å². The van der Waals surface area contributed by atoms with Gasteiger partial charge in [0.25, 0.3) is 5.56 Å². The number of allylic oxidation sites excluding steroid dienone is 1. The number of esters is 1. The zero-order valence-corrected chi connectivity index (χ0v) is 22.3. The quantitative estimate of drug-likeness (QED) is 0.418. The molecular weight excluding hydrogens is 496 g/mol. The van der Waals surface area contributed by atoms with E-state index in [9.17, 15) is 9.59 Å². The van der Waals surface area contributed by atoms with Crippen LogP contribution >= 0.6 is 11.3 Å². The van der Waals surface area contributed by atoms with Crippen LogP contribution in [0.25, 0.3) is 6.08 Å². The molecule has 0 saturated carbocycles. The third-order valence-corrected chi connectivity index (χ3v) is 6.96. The summed E-state index contributed by atoms with van der Waals surface area (Å²) in [5.41, 5.74) is 1.65. The maximum Gasteiger partial charge on any atom is 0.338 e. The lowest BCUT2D eigenvalue weighted by molar-refractivity contribution is -0.139. The van der Waals surface area contributed by atoms with Gasteiger partial charge in [-0.2, -0.15) is 0 Å². The Morgan fingerprint density at radius 1 is 1.03 bits per heavy atom. The number of aromatic nitrogens is 1. The summed E-state index contributed by atoms with van der Waals surface area (Å²) in [4.78, 5) is 32.1. The molecule has 1 atom stereocenters. The van der Waals surface area contributed by atoms with Crippen molar-refractivity contribution in [2.45, 2.75) is 19.9 Å². The van der Waals surface area contributed by atoms with Crippen molar-refractivity contribution in [1.29, 1.82) is 0 Å². The van der Waals surface area contributed by atoms with Crippen LogP contribution in [0.4, 0.5) is 0 Å². The molecule has 9 nitrogen and oxygen atoms in total. The van der Waals surface area contributed by atoms with Crippen LogP contribution in [0, 0.1) is 0 Å². The molecule has 194 valence electrons. The molecule has 0 aliphatic carbocycles. The zero-order valence-electron chi connectivity index (χ0n) is 21.5. The highest BCUT2D eigenvalue weighted by molar-refractivity contribution is 7.07. The van der Waals surface area contributed by atoms with E-state index >= 15 is 0 Å². The maximum absolute atomic E-state index is 13.9. The second kappa shape index (κ2) is 10.9. The summed E-state index contributed by atoms with van der Waals surface area (Å²) in [5, 5.41) is 0. The monoisotopic (exact) mass is 524 g/mol. The highest BCUT2D eigenvalue weighted by Gasteiger charge is 2.35. The number of ether oxygens (including phenoxy) is 5. The number of hydrogen-bond acceptors (Lipinski definition) is 9. The molecule has 0 unspecified atom stereocenters. The highest BCUT2D eigenvalue weighted by atomic mass is 32.1. The number of thiazole rings is 1. The molecule has 10 heteroatoms. The van der Waals surface area contributed by atoms with Gasteiger partial charge in [-0.1, -0.05) is 29.5 Å². The number of benzene rings is 2. The Kier molecular flexibility index (Phi) is 7.68. The molecule has 0 bridgehead atoms. The first-order valence-electron chi connectivity index (χ1n) is 11.5. The Labute approximate surface area is 217 Å². The predicted molar refractivity (Wildman–Crippen MR) is 139 cm³/mol. The largest absolute Gasteiger partial charge is 0.496 e. The third-order valence-electron chi connectivity index (χ3n) is 5.98. The fourth-order valence-corrected chi connectivity index (χ4v) is 5.31. The lowest BCUT2D eigenvalue weighted by Gasteiger charge is -2.25. The van der Waals surface area contributed by atoms with Gasteiger partial charge in [0.1, 0.15) is 29.0 Å². The summed E-state index contributed by atoms with van der Waals surface area (Å²) in [5.74, 6) is 1.51. The summed E-state index contributed by atoms with van der Waals surface area (Å²) < 4.78 is 29.3. The normalized spacial score (nSPS) is 15.1. The molecule has 0 spiro atoms. The lowest BCUT2D eigenvalue weighted by atomic mass is 9.95. The minimum absolute atomic E-state index is 0.190. The molecule has 0 saturated heterocycles. The fourth-order valence-electron chi connectivity index (χ4n) is 4.28. The van der Waals surface area contributed by atoms with E-state index in [2.05, 4.69) is 4.99 Å². The molecule has 3 aromatic rings. The maximum atomic E-state index is 13.9. The second-order valence-electron chi connectivity index (χ2n) is 7.99. The van der Waals surface area contributed by atoms with Gasteiger partial charge in [0, 0.05) is 17.7 Å². The van der Waals surface area contributed by atoms with Crippen LogP contribution in [-0.4, -0.2) is 45.6 Å². The first-order valence-corrected chi connectivity index (χ1v) is 12.3. The number of carbonyl (C=O) groups excluding carboxylic acids is 1. The Balaban J connectivity index is 2.02. The standard InChI is InChI=1S/C27H28N2O7S/c1-7-36-26(31)23-15(2)28-27-29(24(23)17-10-8-9-11-19(17)33-4)25(30)22(37-27)14-18-20(34-5)12-16(32-3)13-21(18)35-6/h8-14,24H,7H2,1-6H3/b22-14+/t24-/m0/s1. The topological polar surface area (TPSA) is 97.6 Å². The number of para-hydroxylation sites is 1. The predicted octanol–water partition coefficient (Wildman–Crippen LogP) is 2.83. The van der Waals surface area contributed by atoms with E-state index in [0.717, 1.165) is 0 Å². The Hall–Kier alpha value is -4.05. The SMILES string of the molecule is CCOC(=O)C1=C(C)N=c2s/c(=C/c3c(OC)cc(OC)cc3OC)c(=O)n2[C@H]1c1ccccc1OC. The van der Waals surface area contributed by atoms with Gasteiger partial charge in [0.05, 0.1) is 56.4 Å². The Bertz CT molecular complexity index is 1530. The average molecular weight is 525 g/mol. The van der Waals surface area contributed by atoms with E-state index in [0.29, 0.717) is 49.2 Å². The highest BCUT2D eigenvalue weighted by Crippen LogP contribution is 2.36. The molecule has 4 rings (SSSR count). The molecule has 1 aliphatic heterocycles. The van der Waals surface area contributed by atoms with Crippen molar-refractivity contribution in [1.82, 2.24) is 4.57 Å². The molecule has 2 heterocycles. The third kappa shape index (κ3) is 4.72. The number of nitrogens with zero attached hydrogens (tertiary/aromatic N) is 2. The Morgan fingerprint density at radius 3 is 2.27 bits per heavy atom. The van der Waals surface area contributed by atoms with E-state index in [1.165, 1.54) is 30.1 Å². The molecule has 0 fully saturated rings. The summed E-state index contributed by atoms with van der Waals surface area (Å²) in [6, 6.07) is 9.92. The van der Waals surface area contributed by atoms with Crippen molar-refractivity contribution < 1.29 is 28.5 Å². The van der Waals surface area contributed by atoms with E-state index in [1.54, 1.807) is 52.3 Å². The molecule has 1 aliphatic rings. The summed E-state index contributed by atoms with van der Waals surface area (Å²) in [6.45, 7) is 3.66. The van der Waals surface area contributed by atoms with Crippen LogP contribution in [0.2, 0.25) is 0 Å². The van der Waals surface area contributed by atoms with E-state index in [4.69, 9.17) is 23.7 Å². The van der Waals surface area contributed by atoms with E-state index in [-0.39, 0.29) is 17.7 Å². The van der Waals surface area contributed by atoms with Crippen molar-refractivity contribution in [3.05, 3.63) is 78.5 Å². The van der Waals surface area contributed by atoms with Crippen LogP contribution < -0.4 is 33.8 Å². The molecule has 2 aromatic carbocycles. The van der Waals surface area contributed by atoms with E-state index in [1.807, 2.05) is 18.2 Å². The first kappa shape index (κ1) is 26.0. The van der Waals surface area contributed by atoms with Crippen molar-refractivity contribution in [3.8, 4) is 23.0 Å². The smallest absolute Gasteiger partial charge is 0.338 e. The first-order chi connectivity index (χ1) is 17.9. The van der Waals surface area contributed by atoms with Gasteiger partial charge in [0.2, 0.25) is 0 Å². The minimum atomic E-state index is -0.784. The van der Waals surface area contributed by atoms with Crippen molar-refractivity contribution >= 4 is 23.4 Å². The van der Waals surface area contributed by atoms with Crippen LogP contribution in [0.5, 0.6) is 23.0 Å². The van der Waals surface area contributed by atoms with Gasteiger partial charge in [-0.3, -0.25) is 9.36 Å². The zero-order chi connectivity index (χ0) is 26.7. The molecule has 37 heavy (non-hydrogen) atoms. The number of hydrogen-bond donors (Lipinski definition) is 0. The van der Waals surface area contributed by atoms with Crippen LogP contribution in [0.15, 0.2) is 57.5 Å². The number of methoxy groups -OCH3 is 4. The minimum Gasteiger partial charge on any atom is -0.496 e. The van der Waals surface area contributed by atoms with Crippen LogP contribution in [0.3, 0.4) is 0 Å². The molecule has 1 aromatic heterocycles. The van der Waals surface area contributed by atoms with Gasteiger partial charge in [0.15, 0.2) is 4.80 Å². The molecular formula is C27H28N2O7S.